The lowest BCUT2D eigenvalue weighted by atomic mass is 9.92. The number of nitrogens with one attached hydrogen (secondary N) is 1. The summed E-state index contributed by atoms with van der Waals surface area (Å²) in [5.41, 5.74) is 7.70. The summed E-state index contributed by atoms with van der Waals surface area (Å²) >= 11 is 0. The first kappa shape index (κ1) is 13.6. The average molecular weight is 246 g/mol. The van der Waals surface area contributed by atoms with Crippen LogP contribution in [0.15, 0.2) is 18.2 Å². The molecule has 18 heavy (non-hydrogen) atoms. The Hall–Kier alpha value is -0.860. The van der Waals surface area contributed by atoms with E-state index in [-0.39, 0.29) is 6.04 Å². The van der Waals surface area contributed by atoms with Gasteiger partial charge in [-0.25, -0.2) is 0 Å². The van der Waals surface area contributed by atoms with Crippen LogP contribution in [-0.2, 0) is 0 Å². The van der Waals surface area contributed by atoms with E-state index in [0.717, 1.165) is 0 Å². The van der Waals surface area contributed by atoms with Gasteiger partial charge in [0.25, 0.3) is 0 Å². The number of benzene rings is 1. The molecule has 1 aromatic carbocycles. The smallest absolute Gasteiger partial charge is 0.0501 e. The third-order valence-electron chi connectivity index (χ3n) is 5.41. The van der Waals surface area contributed by atoms with Crippen molar-refractivity contribution in [3.8, 4) is 0 Å². The van der Waals surface area contributed by atoms with Crippen LogP contribution in [0.4, 0.5) is 0 Å². The molecule has 1 fully saturated rings. The molecule has 0 radical (unpaired) electrons. The lowest BCUT2D eigenvalue weighted by Crippen LogP contribution is -2.31. The molecule has 1 aliphatic carbocycles. The van der Waals surface area contributed by atoms with E-state index in [1.165, 1.54) is 16.7 Å². The summed E-state index contributed by atoms with van der Waals surface area (Å²) in [6.07, 6.45) is 0. The zero-order chi connectivity index (χ0) is 13.7. The molecule has 2 heteroatoms. The Morgan fingerprint density at radius 3 is 2.06 bits per heavy atom. The molecule has 1 aliphatic rings. The highest BCUT2D eigenvalue weighted by Crippen LogP contribution is 2.72. The predicted octanol–water partition coefficient (Wildman–Crippen LogP) is 3.49. The van der Waals surface area contributed by atoms with Crippen molar-refractivity contribution in [1.29, 1.82) is 0 Å². The van der Waals surface area contributed by atoms with Gasteiger partial charge in [0.05, 0.1) is 6.04 Å². The molecule has 2 rings (SSSR count). The van der Waals surface area contributed by atoms with E-state index < -0.39 is 0 Å². The maximum atomic E-state index is 5.84. The molecule has 1 unspecified atom stereocenters. The van der Waals surface area contributed by atoms with Crippen molar-refractivity contribution in [1.82, 2.24) is 5.43 Å². The number of hydrazine groups is 1. The highest BCUT2D eigenvalue weighted by Gasteiger charge is 2.67. The Morgan fingerprint density at radius 2 is 1.67 bits per heavy atom. The van der Waals surface area contributed by atoms with Gasteiger partial charge in [-0.15, -0.1) is 0 Å². The van der Waals surface area contributed by atoms with Gasteiger partial charge in [-0.3, -0.25) is 11.3 Å². The normalized spacial score (nSPS) is 22.8. The number of rotatable bonds is 3. The molecule has 2 nitrogen and oxygen atoms in total. The lowest BCUT2D eigenvalue weighted by Gasteiger charge is -2.21. The van der Waals surface area contributed by atoms with Gasteiger partial charge in [0.1, 0.15) is 0 Å². The van der Waals surface area contributed by atoms with Crippen LogP contribution in [0.3, 0.4) is 0 Å². The van der Waals surface area contributed by atoms with Gasteiger partial charge in [-0.05, 0) is 41.7 Å². The van der Waals surface area contributed by atoms with Crippen LogP contribution in [0.5, 0.6) is 0 Å². The Kier molecular flexibility index (Phi) is 3.07. The van der Waals surface area contributed by atoms with Crippen molar-refractivity contribution >= 4 is 0 Å². The summed E-state index contributed by atoms with van der Waals surface area (Å²) in [5, 5.41) is 0. The van der Waals surface area contributed by atoms with Crippen LogP contribution in [0.25, 0.3) is 0 Å². The first-order valence-electron chi connectivity index (χ1n) is 6.76. The Labute approximate surface area is 111 Å². The molecule has 0 bridgehead atoms. The quantitative estimate of drug-likeness (QED) is 0.633. The molecule has 1 aromatic rings. The van der Waals surface area contributed by atoms with Crippen LogP contribution in [-0.4, -0.2) is 0 Å². The minimum atomic E-state index is 0.246. The minimum Gasteiger partial charge on any atom is -0.271 e. The molecule has 0 aromatic heterocycles. The second kappa shape index (κ2) is 4.07. The zero-order valence-corrected chi connectivity index (χ0v) is 12.5. The van der Waals surface area contributed by atoms with E-state index in [1.54, 1.807) is 0 Å². The van der Waals surface area contributed by atoms with E-state index in [2.05, 4.69) is 65.2 Å². The maximum Gasteiger partial charge on any atom is 0.0501 e. The summed E-state index contributed by atoms with van der Waals surface area (Å²) in [6, 6.07) is 6.88. The van der Waals surface area contributed by atoms with Crippen molar-refractivity contribution in [2.24, 2.45) is 22.6 Å². The minimum absolute atomic E-state index is 0.246. The van der Waals surface area contributed by atoms with Crippen molar-refractivity contribution in [3.05, 3.63) is 34.9 Å². The van der Waals surface area contributed by atoms with E-state index in [1.807, 2.05) is 0 Å². The van der Waals surface area contributed by atoms with Gasteiger partial charge in [0.15, 0.2) is 0 Å². The van der Waals surface area contributed by atoms with Crippen molar-refractivity contribution in [2.45, 2.75) is 47.6 Å². The Morgan fingerprint density at radius 1 is 1.11 bits per heavy atom. The number of aryl methyl sites for hydroxylation is 2. The highest BCUT2D eigenvalue weighted by atomic mass is 15.2. The largest absolute Gasteiger partial charge is 0.271 e. The predicted molar refractivity (Wildman–Crippen MR) is 77.0 cm³/mol. The third kappa shape index (κ3) is 1.79. The summed E-state index contributed by atoms with van der Waals surface area (Å²) in [4.78, 5) is 0. The fourth-order valence-electron chi connectivity index (χ4n) is 3.62. The van der Waals surface area contributed by atoms with Crippen molar-refractivity contribution in [2.75, 3.05) is 0 Å². The Bertz CT molecular complexity index is 446. The Balaban J connectivity index is 2.37. The van der Waals surface area contributed by atoms with E-state index in [0.29, 0.717) is 16.7 Å². The number of nitrogens with two attached hydrogens (primary N) is 1. The van der Waals surface area contributed by atoms with Crippen LogP contribution in [0, 0.1) is 30.6 Å². The SMILES string of the molecule is Cc1ccc(C(NN)C2C(C)(C)C2(C)C)c(C)c1. The summed E-state index contributed by atoms with van der Waals surface area (Å²) in [5.74, 6) is 6.42. The van der Waals surface area contributed by atoms with Gasteiger partial charge < -0.3 is 0 Å². The zero-order valence-electron chi connectivity index (χ0n) is 12.5. The topological polar surface area (TPSA) is 38.0 Å². The second-order valence-corrected chi connectivity index (χ2v) is 6.93. The molecule has 3 N–H and O–H groups in total. The molecule has 100 valence electrons. The van der Waals surface area contributed by atoms with Crippen molar-refractivity contribution < 1.29 is 0 Å². The molecular formula is C16H26N2. The molecule has 0 saturated heterocycles. The highest BCUT2D eigenvalue weighted by molar-refractivity contribution is 5.36. The average Bonchev–Trinajstić information content (AvgIpc) is 2.64. The van der Waals surface area contributed by atoms with E-state index in [9.17, 15) is 0 Å². The molecule has 1 saturated carbocycles. The van der Waals surface area contributed by atoms with Crippen LogP contribution >= 0.6 is 0 Å². The summed E-state index contributed by atoms with van der Waals surface area (Å²) in [6.45, 7) is 13.7. The molecule has 1 atom stereocenters. The van der Waals surface area contributed by atoms with Gasteiger partial charge >= 0.3 is 0 Å². The fraction of sp³-hybridized carbons (Fsp3) is 0.625. The number of hydrogen-bond donors (Lipinski definition) is 2. The van der Waals surface area contributed by atoms with Crippen LogP contribution in [0.2, 0.25) is 0 Å². The second-order valence-electron chi connectivity index (χ2n) is 6.93. The van der Waals surface area contributed by atoms with Gasteiger partial charge in [0, 0.05) is 0 Å². The van der Waals surface area contributed by atoms with Crippen LogP contribution in [0.1, 0.15) is 50.4 Å². The standard InChI is InChI=1S/C16H26N2/c1-10-7-8-12(11(2)9-10)13(18-17)14-15(3,4)16(14,5)6/h7-9,13-14,18H,17H2,1-6H3. The molecular weight excluding hydrogens is 220 g/mol. The van der Waals surface area contributed by atoms with Gasteiger partial charge in [-0.1, -0.05) is 51.5 Å². The maximum absolute atomic E-state index is 5.84. The summed E-state index contributed by atoms with van der Waals surface area (Å²) in [7, 11) is 0. The number of hydrogen-bond acceptors (Lipinski definition) is 2. The first-order chi connectivity index (χ1) is 8.23. The molecule has 0 amide bonds. The molecule has 0 aliphatic heterocycles. The molecule has 0 heterocycles. The lowest BCUT2D eigenvalue weighted by molar-refractivity contribution is 0.416. The summed E-state index contributed by atoms with van der Waals surface area (Å²) < 4.78 is 0. The third-order valence-corrected chi connectivity index (χ3v) is 5.41. The fourth-order valence-corrected chi connectivity index (χ4v) is 3.62. The first-order valence-corrected chi connectivity index (χ1v) is 6.76. The van der Waals surface area contributed by atoms with Crippen LogP contribution < -0.4 is 11.3 Å². The van der Waals surface area contributed by atoms with Gasteiger partial charge in [-0.2, -0.15) is 0 Å². The van der Waals surface area contributed by atoms with Crippen molar-refractivity contribution in [3.63, 3.8) is 0 Å². The van der Waals surface area contributed by atoms with E-state index >= 15 is 0 Å². The molecule has 0 spiro atoms. The monoisotopic (exact) mass is 246 g/mol. The van der Waals surface area contributed by atoms with E-state index in [4.69, 9.17) is 5.84 Å². The van der Waals surface area contributed by atoms with Gasteiger partial charge in [0.2, 0.25) is 0 Å².